The summed E-state index contributed by atoms with van der Waals surface area (Å²) in [5.41, 5.74) is 0. The molecule has 0 radical (unpaired) electrons. The van der Waals surface area contributed by atoms with Crippen molar-refractivity contribution in [2.45, 2.75) is 50.6 Å². The molecule has 27 heavy (non-hydrogen) atoms. The quantitative estimate of drug-likeness (QED) is 0.793. The Bertz CT molecular complexity index is 573. The van der Waals surface area contributed by atoms with Crippen LogP contribution < -0.4 is 5.32 Å². The summed E-state index contributed by atoms with van der Waals surface area (Å²) in [6.45, 7) is 5.21. The summed E-state index contributed by atoms with van der Waals surface area (Å²) < 4.78 is 0. The first-order chi connectivity index (χ1) is 13.1. The van der Waals surface area contributed by atoms with Crippen molar-refractivity contribution in [3.63, 3.8) is 0 Å². The third-order valence-corrected chi connectivity index (χ3v) is 8.23. The number of hydrogen-bond donors (Lipinski definition) is 1. The number of nitrogens with zero attached hydrogens (tertiary/aromatic N) is 3. The van der Waals surface area contributed by atoms with E-state index in [0.29, 0.717) is 13.0 Å². The maximum atomic E-state index is 12.8. The van der Waals surface area contributed by atoms with Gasteiger partial charge in [-0.3, -0.25) is 19.4 Å². The Hall–Kier alpha value is -1.14. The van der Waals surface area contributed by atoms with Crippen LogP contribution in [0.2, 0.25) is 0 Å². The molecule has 0 aromatic carbocycles. The fourth-order valence-corrected chi connectivity index (χ4v) is 7.13. The second-order valence-corrected chi connectivity index (χ2v) is 9.83. The number of carbonyl (C=O) groups excluding carboxylic acids is 2. The van der Waals surface area contributed by atoms with E-state index in [2.05, 4.69) is 10.2 Å². The van der Waals surface area contributed by atoms with Gasteiger partial charge in [-0.05, 0) is 62.8 Å². The minimum atomic E-state index is -0.297. The van der Waals surface area contributed by atoms with E-state index in [0.717, 1.165) is 62.4 Å². The van der Waals surface area contributed by atoms with Gasteiger partial charge < -0.3 is 10.2 Å². The molecule has 6 rings (SSSR count). The van der Waals surface area contributed by atoms with Crippen LogP contribution in [0.3, 0.4) is 0 Å². The average Bonchev–Trinajstić information content (AvgIpc) is 2.64. The highest BCUT2D eigenvalue weighted by molar-refractivity contribution is 5.88. The minimum absolute atomic E-state index is 0.00401. The SMILES string of the molecule is CN1CCNC(=O)[C@H]1CC(=O)N1CCN(C2C3CC4CC(C3)CC2C4)CC1. The molecule has 2 heterocycles. The fourth-order valence-electron chi connectivity index (χ4n) is 7.13. The van der Waals surface area contributed by atoms with Gasteiger partial charge in [0.2, 0.25) is 11.8 Å². The Balaban J connectivity index is 1.16. The molecule has 2 amide bonds. The Kier molecular flexibility index (Phi) is 4.67. The number of nitrogens with one attached hydrogen (secondary N) is 1. The van der Waals surface area contributed by atoms with Gasteiger partial charge in [0.1, 0.15) is 0 Å². The van der Waals surface area contributed by atoms with Gasteiger partial charge in [-0.25, -0.2) is 0 Å². The van der Waals surface area contributed by atoms with Crippen LogP contribution in [-0.2, 0) is 9.59 Å². The average molecular weight is 375 g/mol. The lowest BCUT2D eigenvalue weighted by atomic mass is 9.54. The normalized spacial score (nSPS) is 42.4. The molecule has 0 spiro atoms. The first-order valence-corrected chi connectivity index (χ1v) is 11.1. The first-order valence-electron chi connectivity index (χ1n) is 11.1. The molecule has 2 aliphatic heterocycles. The molecule has 0 aromatic rings. The molecule has 6 heteroatoms. The van der Waals surface area contributed by atoms with Crippen LogP contribution in [0.15, 0.2) is 0 Å². The van der Waals surface area contributed by atoms with Crippen LogP contribution >= 0.6 is 0 Å². The lowest BCUT2D eigenvalue weighted by molar-refractivity contribution is -0.141. The zero-order valence-electron chi connectivity index (χ0n) is 16.6. The highest BCUT2D eigenvalue weighted by Crippen LogP contribution is 2.55. The van der Waals surface area contributed by atoms with Crippen LogP contribution in [-0.4, -0.2) is 84.9 Å². The Labute approximate surface area is 162 Å². The molecule has 150 valence electrons. The van der Waals surface area contributed by atoms with Crippen LogP contribution in [0.4, 0.5) is 0 Å². The van der Waals surface area contributed by atoms with E-state index >= 15 is 0 Å². The second kappa shape index (κ2) is 7.03. The van der Waals surface area contributed by atoms with E-state index in [9.17, 15) is 9.59 Å². The van der Waals surface area contributed by atoms with Gasteiger partial charge in [0.05, 0.1) is 12.5 Å². The summed E-state index contributed by atoms with van der Waals surface area (Å²) in [7, 11) is 1.95. The molecular formula is C21H34N4O2. The molecule has 4 aliphatic carbocycles. The molecule has 6 fully saturated rings. The summed E-state index contributed by atoms with van der Waals surface area (Å²) in [4.78, 5) is 31.6. The van der Waals surface area contributed by atoms with E-state index in [1.54, 1.807) is 0 Å². The molecule has 4 saturated carbocycles. The highest BCUT2D eigenvalue weighted by Gasteiger charge is 2.50. The fraction of sp³-hybridized carbons (Fsp3) is 0.905. The number of likely N-dealkylation sites (N-methyl/N-ethyl adjacent to an activating group) is 1. The predicted molar refractivity (Wildman–Crippen MR) is 103 cm³/mol. The van der Waals surface area contributed by atoms with Crippen LogP contribution in [0, 0.1) is 23.7 Å². The first kappa shape index (κ1) is 17.9. The lowest BCUT2D eigenvalue weighted by Crippen LogP contribution is -2.61. The molecule has 6 nitrogen and oxygen atoms in total. The van der Waals surface area contributed by atoms with Gasteiger partial charge >= 0.3 is 0 Å². The van der Waals surface area contributed by atoms with Gasteiger partial charge in [0, 0.05) is 45.3 Å². The van der Waals surface area contributed by atoms with Gasteiger partial charge in [-0.2, -0.15) is 0 Å². The molecule has 6 aliphatic rings. The van der Waals surface area contributed by atoms with Crippen molar-refractivity contribution in [2.75, 3.05) is 46.3 Å². The number of carbonyl (C=O) groups is 2. The van der Waals surface area contributed by atoms with Gasteiger partial charge in [-0.15, -0.1) is 0 Å². The van der Waals surface area contributed by atoms with E-state index in [4.69, 9.17) is 0 Å². The third kappa shape index (κ3) is 3.29. The van der Waals surface area contributed by atoms with Crippen molar-refractivity contribution >= 4 is 11.8 Å². The van der Waals surface area contributed by atoms with Gasteiger partial charge in [0.25, 0.3) is 0 Å². The Morgan fingerprint density at radius 3 is 2.19 bits per heavy atom. The Morgan fingerprint density at radius 2 is 1.59 bits per heavy atom. The largest absolute Gasteiger partial charge is 0.353 e. The number of rotatable bonds is 3. The van der Waals surface area contributed by atoms with Crippen molar-refractivity contribution in [1.82, 2.24) is 20.0 Å². The summed E-state index contributed by atoms with van der Waals surface area (Å²) >= 11 is 0. The van der Waals surface area contributed by atoms with Crippen LogP contribution in [0.5, 0.6) is 0 Å². The zero-order valence-corrected chi connectivity index (χ0v) is 16.6. The van der Waals surface area contributed by atoms with Crippen molar-refractivity contribution in [3.05, 3.63) is 0 Å². The molecule has 0 unspecified atom stereocenters. The minimum Gasteiger partial charge on any atom is -0.353 e. The standard InChI is InChI=1S/C21H34N4O2/c1-23-3-2-22-21(27)18(23)13-19(26)24-4-6-25(7-5-24)20-16-9-14-8-15(11-16)12-17(20)10-14/h14-18,20H,2-13H2,1H3,(H,22,27)/t14?,15?,16?,17?,18-,20?/m1/s1. The smallest absolute Gasteiger partial charge is 0.237 e. The Morgan fingerprint density at radius 1 is 0.963 bits per heavy atom. The predicted octanol–water partition coefficient (Wildman–Crippen LogP) is 0.776. The molecular weight excluding hydrogens is 340 g/mol. The zero-order chi connectivity index (χ0) is 18.5. The molecule has 4 bridgehead atoms. The molecule has 1 N–H and O–H groups in total. The molecule has 2 saturated heterocycles. The van der Waals surface area contributed by atoms with E-state index < -0.39 is 0 Å². The maximum Gasteiger partial charge on any atom is 0.237 e. The van der Waals surface area contributed by atoms with E-state index in [1.165, 1.54) is 32.1 Å². The van der Waals surface area contributed by atoms with Crippen molar-refractivity contribution in [2.24, 2.45) is 23.7 Å². The summed E-state index contributed by atoms with van der Waals surface area (Å²) in [5, 5.41) is 2.89. The van der Waals surface area contributed by atoms with Crippen LogP contribution in [0.1, 0.15) is 38.5 Å². The van der Waals surface area contributed by atoms with Crippen molar-refractivity contribution in [3.8, 4) is 0 Å². The monoisotopic (exact) mass is 374 g/mol. The van der Waals surface area contributed by atoms with Gasteiger partial charge in [0.15, 0.2) is 0 Å². The van der Waals surface area contributed by atoms with Gasteiger partial charge in [-0.1, -0.05) is 0 Å². The third-order valence-electron chi connectivity index (χ3n) is 8.23. The number of piperazine rings is 2. The van der Waals surface area contributed by atoms with E-state index in [1.807, 2.05) is 16.8 Å². The topological polar surface area (TPSA) is 55.9 Å². The summed E-state index contributed by atoms with van der Waals surface area (Å²) in [5.74, 6) is 4.03. The second-order valence-electron chi connectivity index (χ2n) is 9.83. The maximum absolute atomic E-state index is 12.8. The number of hydrogen-bond acceptors (Lipinski definition) is 4. The highest BCUT2D eigenvalue weighted by atomic mass is 16.2. The molecule has 0 aromatic heterocycles. The molecule has 1 atom stereocenters. The summed E-state index contributed by atoms with van der Waals surface area (Å²) in [6.07, 6.45) is 7.66. The summed E-state index contributed by atoms with van der Waals surface area (Å²) in [6, 6.07) is 0.485. The van der Waals surface area contributed by atoms with Crippen molar-refractivity contribution < 1.29 is 9.59 Å². The lowest BCUT2D eigenvalue weighted by Gasteiger charge is -2.58. The van der Waals surface area contributed by atoms with Crippen molar-refractivity contribution in [1.29, 1.82) is 0 Å². The van der Waals surface area contributed by atoms with E-state index in [-0.39, 0.29) is 17.9 Å². The van der Waals surface area contributed by atoms with Crippen LogP contribution in [0.25, 0.3) is 0 Å². The number of amides is 2.